The summed E-state index contributed by atoms with van der Waals surface area (Å²) in [7, 11) is 0. The first-order valence-corrected chi connectivity index (χ1v) is 6.68. The Hall–Kier alpha value is -2.07. The summed E-state index contributed by atoms with van der Waals surface area (Å²) in [5, 5.41) is 0.556. The van der Waals surface area contributed by atoms with Gasteiger partial charge < -0.3 is 10.3 Å². The minimum Gasteiger partial charge on any atom is -0.399 e. The smallest absolute Gasteiger partial charge is 0.141 e. The Balaban J connectivity index is 2.29. The van der Waals surface area contributed by atoms with Crippen molar-refractivity contribution in [3.05, 3.63) is 47.2 Å². The molecular formula is C15H13ClFN3. The molecule has 0 unspecified atom stereocenters. The summed E-state index contributed by atoms with van der Waals surface area (Å²) in [4.78, 5) is 4.51. The summed E-state index contributed by atoms with van der Waals surface area (Å²) in [6.07, 6.45) is 0. The molecule has 3 nitrogen and oxygen atoms in total. The SMILES string of the molecule is CCn1c(-c2cc(N)cc(Cl)c2)nc2cc(F)ccc21. The maximum Gasteiger partial charge on any atom is 0.141 e. The van der Waals surface area contributed by atoms with Gasteiger partial charge in [-0.05, 0) is 37.3 Å². The summed E-state index contributed by atoms with van der Waals surface area (Å²) in [5.74, 6) is 0.442. The molecule has 2 aromatic carbocycles. The van der Waals surface area contributed by atoms with Gasteiger partial charge in [0.1, 0.15) is 11.6 Å². The number of nitrogens with two attached hydrogens (primary N) is 1. The maximum atomic E-state index is 13.3. The summed E-state index contributed by atoms with van der Waals surface area (Å²) in [5.41, 5.74) is 8.75. The molecule has 0 atom stereocenters. The lowest BCUT2D eigenvalue weighted by Crippen LogP contribution is -1.98. The standard InChI is InChI=1S/C15H13ClFN3/c1-2-20-14-4-3-11(17)8-13(14)19-15(20)9-5-10(16)7-12(18)6-9/h3-8H,2,18H2,1H3. The fourth-order valence-corrected chi connectivity index (χ4v) is 2.63. The van der Waals surface area contributed by atoms with Crippen molar-refractivity contribution in [2.45, 2.75) is 13.5 Å². The average molecular weight is 290 g/mol. The van der Waals surface area contributed by atoms with Crippen LogP contribution in [-0.4, -0.2) is 9.55 Å². The van der Waals surface area contributed by atoms with Crippen molar-refractivity contribution in [1.82, 2.24) is 9.55 Å². The first kappa shape index (κ1) is 12.9. The second kappa shape index (κ2) is 4.80. The monoisotopic (exact) mass is 289 g/mol. The Morgan fingerprint density at radius 3 is 2.75 bits per heavy atom. The highest BCUT2D eigenvalue weighted by Gasteiger charge is 2.13. The molecule has 3 aromatic rings. The lowest BCUT2D eigenvalue weighted by Gasteiger charge is -2.07. The Labute approximate surface area is 120 Å². The normalized spacial score (nSPS) is 11.2. The van der Waals surface area contributed by atoms with Gasteiger partial charge in [-0.3, -0.25) is 0 Å². The van der Waals surface area contributed by atoms with Crippen LogP contribution in [0.15, 0.2) is 36.4 Å². The topological polar surface area (TPSA) is 43.8 Å². The molecule has 3 rings (SSSR count). The van der Waals surface area contributed by atoms with E-state index in [0.717, 1.165) is 23.4 Å². The van der Waals surface area contributed by atoms with Crippen LogP contribution in [-0.2, 0) is 6.54 Å². The summed E-state index contributed by atoms with van der Waals surface area (Å²) >= 11 is 6.04. The molecule has 0 bridgehead atoms. The van der Waals surface area contributed by atoms with E-state index in [4.69, 9.17) is 17.3 Å². The van der Waals surface area contributed by atoms with Gasteiger partial charge >= 0.3 is 0 Å². The third kappa shape index (κ3) is 2.12. The van der Waals surface area contributed by atoms with Gasteiger partial charge in [-0.25, -0.2) is 9.37 Å². The van der Waals surface area contributed by atoms with E-state index in [-0.39, 0.29) is 5.82 Å². The fraction of sp³-hybridized carbons (Fsp3) is 0.133. The van der Waals surface area contributed by atoms with Crippen molar-refractivity contribution >= 4 is 28.3 Å². The van der Waals surface area contributed by atoms with Gasteiger partial charge in [0.05, 0.1) is 11.0 Å². The highest BCUT2D eigenvalue weighted by molar-refractivity contribution is 6.31. The van der Waals surface area contributed by atoms with Gasteiger partial charge in [0.25, 0.3) is 0 Å². The molecule has 5 heteroatoms. The summed E-state index contributed by atoms with van der Waals surface area (Å²) < 4.78 is 15.3. The van der Waals surface area contributed by atoms with Crippen molar-refractivity contribution in [3.63, 3.8) is 0 Å². The highest BCUT2D eigenvalue weighted by atomic mass is 35.5. The third-order valence-corrected chi connectivity index (χ3v) is 3.42. The Bertz CT molecular complexity index is 775. The second-order valence-corrected chi connectivity index (χ2v) is 5.02. The van der Waals surface area contributed by atoms with Crippen molar-refractivity contribution in [2.24, 2.45) is 0 Å². The molecule has 0 saturated heterocycles. The molecule has 2 N–H and O–H groups in total. The average Bonchev–Trinajstić information content (AvgIpc) is 2.75. The van der Waals surface area contributed by atoms with Crippen LogP contribution in [0.4, 0.5) is 10.1 Å². The van der Waals surface area contributed by atoms with E-state index in [9.17, 15) is 4.39 Å². The number of fused-ring (bicyclic) bond motifs is 1. The molecule has 1 heterocycles. The number of rotatable bonds is 2. The zero-order chi connectivity index (χ0) is 14.3. The zero-order valence-corrected chi connectivity index (χ0v) is 11.7. The van der Waals surface area contributed by atoms with Crippen molar-refractivity contribution in [3.8, 4) is 11.4 Å². The number of hydrogen-bond donors (Lipinski definition) is 1. The summed E-state index contributed by atoms with van der Waals surface area (Å²) in [6.45, 7) is 2.74. The molecule has 0 fully saturated rings. The third-order valence-electron chi connectivity index (χ3n) is 3.20. The van der Waals surface area contributed by atoms with E-state index in [2.05, 4.69) is 4.98 Å². The lowest BCUT2D eigenvalue weighted by molar-refractivity contribution is 0.629. The maximum absolute atomic E-state index is 13.3. The number of aromatic nitrogens is 2. The molecule has 0 saturated carbocycles. The van der Waals surface area contributed by atoms with Crippen LogP contribution in [0.1, 0.15) is 6.92 Å². The van der Waals surface area contributed by atoms with Gasteiger partial charge in [0.2, 0.25) is 0 Å². The molecule has 1 aromatic heterocycles. The minimum atomic E-state index is -0.296. The lowest BCUT2D eigenvalue weighted by atomic mass is 10.2. The Kier molecular flexibility index (Phi) is 3.10. The number of anilines is 1. The van der Waals surface area contributed by atoms with Crippen LogP contribution in [0.3, 0.4) is 0 Å². The van der Waals surface area contributed by atoms with E-state index in [1.807, 2.05) is 23.6 Å². The van der Waals surface area contributed by atoms with E-state index in [1.54, 1.807) is 12.1 Å². The zero-order valence-electron chi connectivity index (χ0n) is 10.9. The molecule has 0 aliphatic carbocycles. The van der Waals surface area contributed by atoms with E-state index < -0.39 is 0 Å². The van der Waals surface area contributed by atoms with E-state index in [0.29, 0.717) is 16.2 Å². The molecule has 20 heavy (non-hydrogen) atoms. The number of aryl methyl sites for hydroxylation is 1. The molecule has 0 aliphatic rings. The molecule has 0 radical (unpaired) electrons. The fourth-order valence-electron chi connectivity index (χ4n) is 2.38. The second-order valence-electron chi connectivity index (χ2n) is 4.59. The van der Waals surface area contributed by atoms with Crippen LogP contribution in [0, 0.1) is 5.82 Å². The van der Waals surface area contributed by atoms with Gasteiger partial charge in [0.15, 0.2) is 0 Å². The van der Waals surface area contributed by atoms with Crippen LogP contribution in [0.5, 0.6) is 0 Å². The number of hydrogen-bond acceptors (Lipinski definition) is 2. The Morgan fingerprint density at radius 2 is 2.05 bits per heavy atom. The number of halogens is 2. The Morgan fingerprint density at radius 1 is 1.25 bits per heavy atom. The van der Waals surface area contributed by atoms with Gasteiger partial charge in [-0.1, -0.05) is 11.6 Å². The molecule has 0 spiro atoms. The highest BCUT2D eigenvalue weighted by Crippen LogP contribution is 2.29. The van der Waals surface area contributed by atoms with Crippen molar-refractivity contribution in [1.29, 1.82) is 0 Å². The van der Waals surface area contributed by atoms with Crippen LogP contribution in [0.2, 0.25) is 5.02 Å². The van der Waals surface area contributed by atoms with Crippen LogP contribution < -0.4 is 5.73 Å². The number of benzene rings is 2. The summed E-state index contributed by atoms with van der Waals surface area (Å²) in [6, 6.07) is 9.91. The molecular weight excluding hydrogens is 277 g/mol. The minimum absolute atomic E-state index is 0.296. The van der Waals surface area contributed by atoms with Crippen LogP contribution in [0.25, 0.3) is 22.4 Å². The largest absolute Gasteiger partial charge is 0.399 e. The van der Waals surface area contributed by atoms with Gasteiger partial charge in [-0.2, -0.15) is 0 Å². The predicted molar refractivity (Wildman–Crippen MR) is 80.2 cm³/mol. The van der Waals surface area contributed by atoms with Gasteiger partial charge in [-0.15, -0.1) is 0 Å². The molecule has 0 aliphatic heterocycles. The quantitative estimate of drug-likeness (QED) is 0.722. The van der Waals surface area contributed by atoms with Gasteiger partial charge in [0, 0.05) is 28.9 Å². The molecule has 0 amide bonds. The first-order chi connectivity index (χ1) is 9.58. The predicted octanol–water partition coefficient (Wildman–Crippen LogP) is 4.10. The molecule has 102 valence electrons. The number of nitrogen functional groups attached to an aromatic ring is 1. The number of imidazole rings is 1. The van der Waals surface area contributed by atoms with E-state index >= 15 is 0 Å². The first-order valence-electron chi connectivity index (χ1n) is 6.30. The van der Waals surface area contributed by atoms with E-state index in [1.165, 1.54) is 12.1 Å². The van der Waals surface area contributed by atoms with Crippen LogP contribution >= 0.6 is 11.6 Å². The van der Waals surface area contributed by atoms with Crippen molar-refractivity contribution < 1.29 is 4.39 Å². The number of nitrogens with zero attached hydrogens (tertiary/aromatic N) is 2. The van der Waals surface area contributed by atoms with Crippen molar-refractivity contribution in [2.75, 3.05) is 5.73 Å².